The summed E-state index contributed by atoms with van der Waals surface area (Å²) < 4.78 is 7.53. The molecule has 0 radical (unpaired) electrons. The van der Waals surface area contributed by atoms with Gasteiger partial charge in [0.25, 0.3) is 0 Å². The molecular weight excluding hydrogens is 464 g/mol. The summed E-state index contributed by atoms with van der Waals surface area (Å²) >= 11 is 0. The van der Waals surface area contributed by atoms with E-state index >= 15 is 0 Å². The Labute approximate surface area is 217 Å². The first kappa shape index (κ1) is 23.7. The third-order valence-corrected chi connectivity index (χ3v) is 7.88. The molecule has 2 aromatic heterocycles. The average molecular weight is 499 g/mol. The van der Waals surface area contributed by atoms with Crippen molar-refractivity contribution < 1.29 is 9.53 Å². The Morgan fingerprint density at radius 2 is 1.81 bits per heavy atom. The lowest BCUT2D eigenvalue weighted by Crippen LogP contribution is -2.50. The zero-order chi connectivity index (χ0) is 25.4. The molecule has 1 saturated carbocycles. The van der Waals surface area contributed by atoms with Gasteiger partial charge in [0.2, 0.25) is 11.9 Å². The summed E-state index contributed by atoms with van der Waals surface area (Å²) in [7, 11) is 1.65. The molecule has 2 aliphatic rings. The topological polar surface area (TPSA) is 75.9 Å². The third kappa shape index (κ3) is 4.61. The summed E-state index contributed by atoms with van der Waals surface area (Å²) in [6.45, 7) is 4.89. The normalized spacial score (nSPS) is 17.0. The predicted molar refractivity (Wildman–Crippen MR) is 144 cm³/mol. The van der Waals surface area contributed by atoms with Crippen molar-refractivity contribution in [2.75, 3.05) is 38.2 Å². The molecule has 8 heteroatoms. The van der Waals surface area contributed by atoms with Gasteiger partial charge in [-0.1, -0.05) is 43.0 Å². The van der Waals surface area contributed by atoms with E-state index in [0.717, 1.165) is 65.6 Å². The number of hydrogen-bond acceptors (Lipinski definition) is 6. The molecule has 4 aromatic rings. The number of benzene rings is 2. The number of carbonyl (C=O) groups is 1. The number of ether oxygens (including phenoxy) is 1. The standard InChI is InChI=1S/C29H34N6O2/c1-20-11-12-25-24(17-20)28-32-31-27(22-8-4-3-5-9-22)35(28)29(30-25)34-15-13-33(14-16-34)26(36)19-21-7-6-10-23(18-21)37-2/h6-7,10-12,17-18,22H,3-5,8-9,13-16,19H2,1-2H3. The molecule has 6 rings (SSSR count). The highest BCUT2D eigenvalue weighted by molar-refractivity contribution is 5.93. The molecule has 2 aromatic carbocycles. The zero-order valence-corrected chi connectivity index (χ0v) is 21.7. The molecule has 0 N–H and O–H groups in total. The number of methoxy groups -OCH3 is 1. The van der Waals surface area contributed by atoms with Crippen LogP contribution in [0.1, 0.15) is 55.0 Å². The molecule has 192 valence electrons. The summed E-state index contributed by atoms with van der Waals surface area (Å²) in [5.41, 5.74) is 3.99. The van der Waals surface area contributed by atoms with Crippen molar-refractivity contribution >= 4 is 28.4 Å². The molecule has 0 atom stereocenters. The van der Waals surface area contributed by atoms with Crippen LogP contribution < -0.4 is 9.64 Å². The number of aryl methyl sites for hydroxylation is 1. The Morgan fingerprint density at radius 1 is 1.00 bits per heavy atom. The van der Waals surface area contributed by atoms with Crippen molar-refractivity contribution in [2.24, 2.45) is 0 Å². The lowest BCUT2D eigenvalue weighted by atomic mass is 9.89. The predicted octanol–water partition coefficient (Wildman–Crippen LogP) is 4.53. The highest BCUT2D eigenvalue weighted by atomic mass is 16.5. The lowest BCUT2D eigenvalue weighted by molar-refractivity contribution is -0.130. The van der Waals surface area contributed by atoms with Gasteiger partial charge in [0, 0.05) is 37.5 Å². The van der Waals surface area contributed by atoms with Crippen LogP contribution in [0.3, 0.4) is 0 Å². The van der Waals surface area contributed by atoms with Crippen LogP contribution in [0.4, 0.5) is 5.95 Å². The maximum atomic E-state index is 13.1. The van der Waals surface area contributed by atoms with Crippen molar-refractivity contribution in [3.8, 4) is 5.75 Å². The number of fused-ring (bicyclic) bond motifs is 3. The molecule has 1 saturated heterocycles. The first-order valence-corrected chi connectivity index (χ1v) is 13.4. The van der Waals surface area contributed by atoms with Crippen LogP contribution in [-0.4, -0.2) is 63.7 Å². The Morgan fingerprint density at radius 3 is 2.59 bits per heavy atom. The molecule has 1 aliphatic carbocycles. The van der Waals surface area contributed by atoms with Gasteiger partial charge in [0.1, 0.15) is 11.6 Å². The fourth-order valence-corrected chi connectivity index (χ4v) is 5.81. The fraction of sp³-hybridized carbons (Fsp3) is 0.448. The molecule has 0 bridgehead atoms. The second-order valence-electron chi connectivity index (χ2n) is 10.4. The molecule has 3 heterocycles. The third-order valence-electron chi connectivity index (χ3n) is 7.88. The number of carbonyl (C=O) groups excluding carboxylic acids is 1. The Bertz CT molecular complexity index is 1430. The van der Waals surface area contributed by atoms with Crippen molar-refractivity contribution in [3.05, 3.63) is 59.4 Å². The van der Waals surface area contributed by atoms with E-state index < -0.39 is 0 Å². The second kappa shape index (κ2) is 10.00. The van der Waals surface area contributed by atoms with Gasteiger partial charge < -0.3 is 14.5 Å². The molecule has 1 amide bonds. The van der Waals surface area contributed by atoms with Crippen LogP contribution in [-0.2, 0) is 11.2 Å². The molecule has 2 fully saturated rings. The number of hydrogen-bond donors (Lipinski definition) is 0. The number of aromatic nitrogens is 4. The van der Waals surface area contributed by atoms with Gasteiger partial charge in [0.15, 0.2) is 5.65 Å². The van der Waals surface area contributed by atoms with Crippen LogP contribution in [0.5, 0.6) is 5.75 Å². The van der Waals surface area contributed by atoms with Crippen LogP contribution in [0.15, 0.2) is 42.5 Å². The number of piperazine rings is 1. The average Bonchev–Trinajstić information content (AvgIpc) is 3.39. The van der Waals surface area contributed by atoms with E-state index in [1.54, 1.807) is 7.11 Å². The first-order valence-electron chi connectivity index (χ1n) is 13.4. The van der Waals surface area contributed by atoms with Gasteiger partial charge in [-0.25, -0.2) is 9.38 Å². The van der Waals surface area contributed by atoms with E-state index in [1.807, 2.05) is 29.2 Å². The fourth-order valence-electron chi connectivity index (χ4n) is 5.81. The van der Waals surface area contributed by atoms with Gasteiger partial charge in [-0.15, -0.1) is 10.2 Å². The summed E-state index contributed by atoms with van der Waals surface area (Å²) in [4.78, 5) is 22.5. The Hall–Kier alpha value is -3.68. The Balaban J connectivity index is 1.28. The molecule has 1 aliphatic heterocycles. The van der Waals surface area contributed by atoms with Crippen LogP contribution in [0.25, 0.3) is 16.6 Å². The summed E-state index contributed by atoms with van der Waals surface area (Å²) in [6.07, 6.45) is 6.46. The summed E-state index contributed by atoms with van der Waals surface area (Å²) in [5.74, 6) is 3.28. The van der Waals surface area contributed by atoms with Gasteiger partial charge in [-0.3, -0.25) is 4.79 Å². The number of anilines is 1. The minimum atomic E-state index is 0.146. The Kier molecular flexibility index (Phi) is 6.40. The van der Waals surface area contributed by atoms with Gasteiger partial charge in [0.05, 0.1) is 19.0 Å². The highest BCUT2D eigenvalue weighted by Crippen LogP contribution is 2.35. The van der Waals surface area contributed by atoms with E-state index in [0.29, 0.717) is 25.4 Å². The maximum absolute atomic E-state index is 13.1. The molecule has 37 heavy (non-hydrogen) atoms. The minimum Gasteiger partial charge on any atom is -0.497 e. The lowest BCUT2D eigenvalue weighted by Gasteiger charge is -2.36. The van der Waals surface area contributed by atoms with E-state index in [1.165, 1.54) is 24.8 Å². The van der Waals surface area contributed by atoms with Gasteiger partial charge >= 0.3 is 0 Å². The van der Waals surface area contributed by atoms with Crippen LogP contribution in [0, 0.1) is 6.92 Å². The summed E-state index contributed by atoms with van der Waals surface area (Å²) in [6, 6.07) is 14.1. The van der Waals surface area contributed by atoms with E-state index in [-0.39, 0.29) is 5.91 Å². The van der Waals surface area contributed by atoms with Gasteiger partial charge in [-0.05, 0) is 49.6 Å². The number of amides is 1. The first-order chi connectivity index (χ1) is 18.1. The van der Waals surface area contributed by atoms with Gasteiger partial charge in [-0.2, -0.15) is 0 Å². The largest absolute Gasteiger partial charge is 0.497 e. The van der Waals surface area contributed by atoms with Crippen molar-refractivity contribution in [3.63, 3.8) is 0 Å². The quantitative estimate of drug-likeness (QED) is 0.402. The monoisotopic (exact) mass is 498 g/mol. The molecular formula is C29H34N6O2. The maximum Gasteiger partial charge on any atom is 0.227 e. The SMILES string of the molecule is COc1cccc(CC(=O)N2CCN(c3nc4ccc(C)cc4c4nnc(C5CCCCC5)n34)CC2)c1. The molecule has 8 nitrogen and oxygen atoms in total. The van der Waals surface area contributed by atoms with E-state index in [9.17, 15) is 4.79 Å². The summed E-state index contributed by atoms with van der Waals surface area (Å²) in [5, 5.41) is 10.5. The zero-order valence-electron chi connectivity index (χ0n) is 21.7. The number of nitrogens with zero attached hydrogens (tertiary/aromatic N) is 6. The van der Waals surface area contributed by atoms with E-state index in [2.05, 4.69) is 34.4 Å². The number of rotatable bonds is 5. The second-order valence-corrected chi connectivity index (χ2v) is 10.4. The van der Waals surface area contributed by atoms with Crippen LogP contribution in [0.2, 0.25) is 0 Å². The smallest absolute Gasteiger partial charge is 0.227 e. The molecule has 0 spiro atoms. The van der Waals surface area contributed by atoms with Crippen molar-refractivity contribution in [2.45, 2.75) is 51.4 Å². The highest BCUT2D eigenvalue weighted by Gasteiger charge is 2.28. The minimum absolute atomic E-state index is 0.146. The van der Waals surface area contributed by atoms with Crippen molar-refractivity contribution in [1.82, 2.24) is 24.5 Å². The van der Waals surface area contributed by atoms with Crippen molar-refractivity contribution in [1.29, 1.82) is 0 Å². The molecule has 0 unspecified atom stereocenters. The van der Waals surface area contributed by atoms with Crippen LogP contribution >= 0.6 is 0 Å². The van der Waals surface area contributed by atoms with E-state index in [4.69, 9.17) is 19.9 Å².